The zero-order valence-corrected chi connectivity index (χ0v) is 11.8. The van der Waals surface area contributed by atoms with Crippen LogP contribution in [0.25, 0.3) is 0 Å². The van der Waals surface area contributed by atoms with Crippen LogP contribution in [-0.2, 0) is 0 Å². The molecule has 0 saturated carbocycles. The van der Waals surface area contributed by atoms with Gasteiger partial charge in [0.1, 0.15) is 5.69 Å². The van der Waals surface area contributed by atoms with Crippen LogP contribution in [0.3, 0.4) is 0 Å². The van der Waals surface area contributed by atoms with Gasteiger partial charge in [-0.05, 0) is 19.1 Å². The molecule has 1 aromatic heterocycles. The second-order valence-electron chi connectivity index (χ2n) is 4.76. The lowest BCUT2D eigenvalue weighted by atomic mass is 10.1. The van der Waals surface area contributed by atoms with Crippen molar-refractivity contribution < 1.29 is 10.2 Å². The average molecular weight is 272 g/mol. The van der Waals surface area contributed by atoms with Gasteiger partial charge in [0.05, 0.1) is 6.42 Å². The summed E-state index contributed by atoms with van der Waals surface area (Å²) in [5.74, 6) is -1.92. The molecule has 1 atom stereocenters. The predicted molar refractivity (Wildman–Crippen MR) is 78.3 cm³/mol. The second-order valence-corrected chi connectivity index (χ2v) is 4.76. The van der Waals surface area contributed by atoms with Crippen LogP contribution in [0.15, 0.2) is 54.7 Å². The Balaban J connectivity index is 2.43. The minimum Gasteiger partial charge on any atom is -0.315 e. The molecule has 1 radical (unpaired) electrons. The predicted octanol–water partition coefficient (Wildman–Crippen LogP) is 2.66. The van der Waals surface area contributed by atoms with E-state index in [1.807, 2.05) is 55.5 Å². The lowest BCUT2D eigenvalue weighted by Crippen LogP contribution is -2.51. The molecule has 0 amide bonds. The number of nitrogens with zero attached hydrogens (tertiary/aromatic N) is 2. The highest BCUT2D eigenvalue weighted by molar-refractivity contribution is 5.40. The molecule has 1 heterocycles. The molecule has 2 N–H and O–H groups in total. The molecule has 0 aliphatic heterocycles. The molecule has 1 aromatic carbocycles. The molecule has 0 spiro atoms. The number of anilines is 1. The topological polar surface area (TPSA) is 59.2 Å². The third-order valence-electron chi connectivity index (χ3n) is 3.40. The SMILES string of the molecule is CCC(O)(O)[N+](c1ccccc1)C(C)c1ccccn1. The summed E-state index contributed by atoms with van der Waals surface area (Å²) in [6.45, 7) is 3.65. The van der Waals surface area contributed by atoms with Gasteiger partial charge in [-0.1, -0.05) is 36.1 Å². The quantitative estimate of drug-likeness (QED) is 0.650. The molecule has 0 fully saturated rings. The van der Waals surface area contributed by atoms with Gasteiger partial charge in [0.25, 0.3) is 0 Å². The van der Waals surface area contributed by atoms with E-state index in [2.05, 4.69) is 4.98 Å². The van der Waals surface area contributed by atoms with E-state index in [0.717, 1.165) is 11.4 Å². The van der Waals surface area contributed by atoms with Crippen molar-refractivity contribution in [2.45, 2.75) is 32.2 Å². The van der Waals surface area contributed by atoms with Gasteiger partial charge in [-0.25, -0.2) is 0 Å². The minimum atomic E-state index is -1.92. The van der Waals surface area contributed by atoms with Crippen LogP contribution in [0, 0.1) is 0 Å². The molecule has 4 heteroatoms. The third-order valence-corrected chi connectivity index (χ3v) is 3.40. The molecule has 2 aromatic rings. The molecule has 0 aliphatic carbocycles. The number of aliphatic hydroxyl groups is 2. The zero-order chi connectivity index (χ0) is 14.6. The summed E-state index contributed by atoms with van der Waals surface area (Å²) in [7, 11) is 0. The summed E-state index contributed by atoms with van der Waals surface area (Å²) in [4.78, 5) is 5.89. The smallest absolute Gasteiger partial charge is 0.315 e. The number of rotatable bonds is 5. The lowest BCUT2D eigenvalue weighted by Gasteiger charge is -2.27. The number of para-hydroxylation sites is 1. The van der Waals surface area contributed by atoms with E-state index in [-0.39, 0.29) is 12.5 Å². The maximum absolute atomic E-state index is 10.3. The number of hydrogen-bond donors (Lipinski definition) is 2. The van der Waals surface area contributed by atoms with E-state index in [1.54, 1.807) is 18.0 Å². The van der Waals surface area contributed by atoms with Crippen molar-refractivity contribution in [2.24, 2.45) is 0 Å². The molecule has 20 heavy (non-hydrogen) atoms. The fourth-order valence-corrected chi connectivity index (χ4v) is 2.25. The van der Waals surface area contributed by atoms with Crippen LogP contribution >= 0.6 is 0 Å². The van der Waals surface area contributed by atoms with Crippen LogP contribution in [0.4, 0.5) is 5.69 Å². The van der Waals surface area contributed by atoms with Crippen molar-refractivity contribution >= 4 is 5.69 Å². The Bertz CT molecular complexity index is 529. The number of hydrogen-bond acceptors (Lipinski definition) is 4. The Morgan fingerprint density at radius 3 is 2.30 bits per heavy atom. The number of pyridine rings is 1. The van der Waals surface area contributed by atoms with Crippen molar-refractivity contribution in [3.05, 3.63) is 60.4 Å². The molecular formula is C16H20N2O2+. The highest BCUT2D eigenvalue weighted by atomic mass is 16.5. The third kappa shape index (κ3) is 3.04. The van der Waals surface area contributed by atoms with E-state index in [0.29, 0.717) is 0 Å². The van der Waals surface area contributed by atoms with E-state index >= 15 is 0 Å². The highest BCUT2D eigenvalue weighted by Crippen LogP contribution is 2.31. The fraction of sp³-hybridized carbons (Fsp3) is 0.312. The van der Waals surface area contributed by atoms with Crippen LogP contribution in [-0.4, -0.2) is 21.1 Å². The first-order valence-electron chi connectivity index (χ1n) is 6.76. The Morgan fingerprint density at radius 2 is 1.75 bits per heavy atom. The van der Waals surface area contributed by atoms with Crippen molar-refractivity contribution in [3.63, 3.8) is 0 Å². The first-order valence-corrected chi connectivity index (χ1v) is 6.76. The van der Waals surface area contributed by atoms with Gasteiger partial charge in [-0.15, -0.1) is 0 Å². The van der Waals surface area contributed by atoms with Gasteiger partial charge in [0, 0.05) is 18.3 Å². The standard InChI is InChI=1S/C16H20N2O2/c1-3-16(19,20)18(14-9-5-4-6-10-14)13(2)15-11-7-8-12-17-15/h4-13,19-20H,3H2,1-2H3/q+1. The first kappa shape index (κ1) is 14.7. The molecule has 105 valence electrons. The van der Waals surface area contributed by atoms with Crippen molar-refractivity contribution in [3.8, 4) is 0 Å². The van der Waals surface area contributed by atoms with Crippen LogP contribution in [0.2, 0.25) is 0 Å². The summed E-state index contributed by atoms with van der Waals surface area (Å²) in [6.07, 6.45) is 1.90. The molecule has 1 unspecified atom stereocenters. The van der Waals surface area contributed by atoms with Gasteiger partial charge in [-0.3, -0.25) is 4.98 Å². The van der Waals surface area contributed by atoms with E-state index in [4.69, 9.17) is 0 Å². The summed E-state index contributed by atoms with van der Waals surface area (Å²) in [5, 5.41) is 20.6. The molecule has 0 saturated heterocycles. The number of benzene rings is 1. The molecule has 4 nitrogen and oxygen atoms in total. The summed E-state index contributed by atoms with van der Waals surface area (Å²) < 4.78 is 0. The molecular weight excluding hydrogens is 252 g/mol. The van der Waals surface area contributed by atoms with E-state index in [9.17, 15) is 10.2 Å². The van der Waals surface area contributed by atoms with E-state index < -0.39 is 5.91 Å². The van der Waals surface area contributed by atoms with Crippen LogP contribution in [0.1, 0.15) is 32.0 Å². The van der Waals surface area contributed by atoms with Gasteiger partial charge in [0.2, 0.25) is 0 Å². The fourth-order valence-electron chi connectivity index (χ4n) is 2.25. The first-order chi connectivity index (χ1) is 9.56. The average Bonchev–Trinajstić information content (AvgIpc) is 2.49. The van der Waals surface area contributed by atoms with E-state index in [1.165, 1.54) is 0 Å². The largest absolute Gasteiger partial charge is 0.364 e. The molecule has 2 rings (SSSR count). The Morgan fingerprint density at radius 1 is 1.10 bits per heavy atom. The monoisotopic (exact) mass is 272 g/mol. The van der Waals surface area contributed by atoms with Crippen LogP contribution < -0.4 is 4.90 Å². The van der Waals surface area contributed by atoms with Gasteiger partial charge in [-0.2, -0.15) is 0 Å². The normalized spacial score (nSPS) is 13.4. The lowest BCUT2D eigenvalue weighted by molar-refractivity contribution is -0.220. The summed E-state index contributed by atoms with van der Waals surface area (Å²) >= 11 is 0. The summed E-state index contributed by atoms with van der Waals surface area (Å²) in [5.41, 5.74) is 1.54. The Kier molecular flexibility index (Phi) is 4.49. The Hall–Kier alpha value is -1.75. The summed E-state index contributed by atoms with van der Waals surface area (Å²) in [6, 6.07) is 14.7. The maximum atomic E-state index is 10.3. The van der Waals surface area contributed by atoms with Crippen molar-refractivity contribution in [2.75, 3.05) is 0 Å². The Labute approximate surface area is 119 Å². The zero-order valence-electron chi connectivity index (χ0n) is 11.8. The minimum absolute atomic E-state index is 0.194. The molecule has 0 aliphatic rings. The second kappa shape index (κ2) is 6.13. The maximum Gasteiger partial charge on any atom is 0.364 e. The van der Waals surface area contributed by atoms with Gasteiger partial charge >= 0.3 is 5.91 Å². The highest BCUT2D eigenvalue weighted by Gasteiger charge is 2.47. The van der Waals surface area contributed by atoms with Crippen molar-refractivity contribution in [1.29, 1.82) is 0 Å². The van der Waals surface area contributed by atoms with Crippen molar-refractivity contribution in [1.82, 2.24) is 9.88 Å². The number of aromatic nitrogens is 1. The van der Waals surface area contributed by atoms with Crippen LogP contribution in [0.5, 0.6) is 0 Å². The van der Waals surface area contributed by atoms with Gasteiger partial charge in [0.15, 0.2) is 11.7 Å². The molecule has 0 bridgehead atoms. The van der Waals surface area contributed by atoms with Gasteiger partial charge < -0.3 is 10.2 Å².